The first kappa shape index (κ1) is 13.8. The van der Waals surface area contributed by atoms with E-state index in [1.165, 1.54) is 14.2 Å². The van der Waals surface area contributed by atoms with Crippen molar-refractivity contribution in [3.63, 3.8) is 0 Å². The largest absolute Gasteiger partial charge is 0.468 e. The highest BCUT2D eigenvalue weighted by Crippen LogP contribution is 2.53. The molecule has 2 rings (SSSR count). The van der Waals surface area contributed by atoms with Gasteiger partial charge in [0.1, 0.15) is 0 Å². The average Bonchev–Trinajstić information content (AvgIpc) is 2.79. The fourth-order valence-electron chi connectivity index (χ4n) is 3.15. The third-order valence-corrected chi connectivity index (χ3v) is 4.34. The molecule has 0 aromatic heterocycles. The fourth-order valence-corrected chi connectivity index (χ4v) is 3.15. The van der Waals surface area contributed by atoms with Crippen LogP contribution in [0.5, 0.6) is 0 Å². The second-order valence-corrected chi connectivity index (χ2v) is 5.95. The minimum absolute atomic E-state index is 0.0321. The van der Waals surface area contributed by atoms with Crippen molar-refractivity contribution in [2.45, 2.75) is 26.7 Å². The minimum Gasteiger partial charge on any atom is -0.468 e. The van der Waals surface area contributed by atoms with Crippen molar-refractivity contribution in [3.8, 4) is 0 Å². The maximum atomic E-state index is 12.1. The molecule has 0 bridgehead atoms. The Morgan fingerprint density at radius 1 is 1.21 bits per heavy atom. The molecule has 0 aromatic carbocycles. The molecule has 0 radical (unpaired) electrons. The lowest BCUT2D eigenvalue weighted by atomic mass is 9.68. The van der Waals surface area contributed by atoms with Crippen molar-refractivity contribution >= 4 is 11.9 Å². The lowest BCUT2D eigenvalue weighted by molar-refractivity contribution is -0.165. The van der Waals surface area contributed by atoms with Crippen LogP contribution in [-0.2, 0) is 19.1 Å². The SMILES string of the molecule is COC(=O)C1(C(=O)OC)C=C2C=CCC(C)(C)[C@H]2C1. The summed E-state index contributed by atoms with van der Waals surface area (Å²) in [5, 5.41) is 0. The van der Waals surface area contributed by atoms with Crippen molar-refractivity contribution in [2.24, 2.45) is 16.7 Å². The number of ether oxygens (including phenoxy) is 2. The topological polar surface area (TPSA) is 52.6 Å². The molecule has 104 valence electrons. The summed E-state index contributed by atoms with van der Waals surface area (Å²) in [6.07, 6.45) is 7.19. The summed E-state index contributed by atoms with van der Waals surface area (Å²) >= 11 is 0. The molecule has 0 aliphatic heterocycles. The fraction of sp³-hybridized carbons (Fsp3) is 0.600. The quantitative estimate of drug-likeness (QED) is 0.567. The Kier molecular flexibility index (Phi) is 3.29. The summed E-state index contributed by atoms with van der Waals surface area (Å²) in [6, 6.07) is 0. The Morgan fingerprint density at radius 3 is 2.26 bits per heavy atom. The predicted molar refractivity (Wildman–Crippen MR) is 70.2 cm³/mol. The molecule has 4 nitrogen and oxygen atoms in total. The van der Waals surface area contributed by atoms with Crippen LogP contribution in [0.2, 0.25) is 0 Å². The van der Waals surface area contributed by atoms with E-state index in [-0.39, 0.29) is 11.3 Å². The standard InChI is InChI=1S/C15H20O4/c1-14(2)7-5-6-10-8-15(9-11(10)14,12(16)18-3)13(17)19-4/h5-6,8,11H,7,9H2,1-4H3/t11-/m0/s1. The Hall–Kier alpha value is -1.58. The summed E-state index contributed by atoms with van der Waals surface area (Å²) in [5.41, 5.74) is -0.216. The highest BCUT2D eigenvalue weighted by atomic mass is 16.5. The van der Waals surface area contributed by atoms with Crippen LogP contribution < -0.4 is 0 Å². The highest BCUT2D eigenvalue weighted by molar-refractivity contribution is 6.03. The Balaban J connectivity index is 2.46. The molecule has 2 aliphatic carbocycles. The highest BCUT2D eigenvalue weighted by Gasteiger charge is 2.55. The van der Waals surface area contributed by atoms with Gasteiger partial charge in [0.25, 0.3) is 0 Å². The van der Waals surface area contributed by atoms with Crippen LogP contribution in [0.15, 0.2) is 23.8 Å². The van der Waals surface area contributed by atoms with E-state index in [0.29, 0.717) is 6.42 Å². The number of carbonyl (C=O) groups excluding carboxylic acids is 2. The first-order valence-electron chi connectivity index (χ1n) is 6.43. The minimum atomic E-state index is -1.28. The lowest BCUT2D eigenvalue weighted by Gasteiger charge is -2.36. The molecule has 19 heavy (non-hydrogen) atoms. The van der Waals surface area contributed by atoms with Gasteiger partial charge in [0.15, 0.2) is 5.41 Å². The number of esters is 2. The zero-order valence-corrected chi connectivity index (χ0v) is 11.9. The van der Waals surface area contributed by atoms with E-state index in [1.54, 1.807) is 6.08 Å². The lowest BCUT2D eigenvalue weighted by Crippen LogP contribution is -2.40. The van der Waals surface area contributed by atoms with Crippen LogP contribution in [0.25, 0.3) is 0 Å². The third kappa shape index (κ3) is 1.99. The molecule has 4 heteroatoms. The van der Waals surface area contributed by atoms with Gasteiger partial charge in [-0.2, -0.15) is 0 Å². The van der Waals surface area contributed by atoms with Gasteiger partial charge < -0.3 is 9.47 Å². The van der Waals surface area contributed by atoms with Gasteiger partial charge in [-0.1, -0.05) is 32.1 Å². The number of methoxy groups -OCH3 is 2. The summed E-state index contributed by atoms with van der Waals surface area (Å²) in [7, 11) is 2.60. The van der Waals surface area contributed by atoms with Crippen molar-refractivity contribution in [1.82, 2.24) is 0 Å². The van der Waals surface area contributed by atoms with Crippen LogP contribution in [-0.4, -0.2) is 26.2 Å². The van der Waals surface area contributed by atoms with Gasteiger partial charge in [-0.25, -0.2) is 0 Å². The molecular weight excluding hydrogens is 244 g/mol. The molecule has 0 saturated carbocycles. The molecule has 0 saturated heterocycles. The van der Waals surface area contributed by atoms with E-state index in [4.69, 9.17) is 9.47 Å². The third-order valence-electron chi connectivity index (χ3n) is 4.34. The first-order valence-corrected chi connectivity index (χ1v) is 6.43. The smallest absolute Gasteiger partial charge is 0.327 e. The number of fused-ring (bicyclic) bond motifs is 1. The van der Waals surface area contributed by atoms with Gasteiger partial charge in [0.2, 0.25) is 0 Å². The Labute approximate surface area is 113 Å². The first-order chi connectivity index (χ1) is 8.87. The van der Waals surface area contributed by atoms with Gasteiger partial charge >= 0.3 is 11.9 Å². The van der Waals surface area contributed by atoms with Crippen LogP contribution in [0.3, 0.4) is 0 Å². The molecule has 0 N–H and O–H groups in total. The van der Waals surface area contributed by atoms with Crippen LogP contribution in [0.1, 0.15) is 26.7 Å². The summed E-state index contributed by atoms with van der Waals surface area (Å²) < 4.78 is 9.65. The van der Waals surface area contributed by atoms with Crippen LogP contribution >= 0.6 is 0 Å². The number of allylic oxidation sites excluding steroid dienone is 3. The number of hydrogen-bond donors (Lipinski definition) is 0. The number of hydrogen-bond acceptors (Lipinski definition) is 4. The maximum Gasteiger partial charge on any atom is 0.327 e. The molecule has 2 aliphatic rings. The number of carbonyl (C=O) groups is 2. The van der Waals surface area contributed by atoms with E-state index in [1.807, 2.05) is 6.08 Å². The van der Waals surface area contributed by atoms with E-state index in [9.17, 15) is 9.59 Å². The van der Waals surface area contributed by atoms with E-state index in [0.717, 1.165) is 12.0 Å². The van der Waals surface area contributed by atoms with Gasteiger partial charge in [-0.15, -0.1) is 0 Å². The predicted octanol–water partition coefficient (Wildman–Crippen LogP) is 2.25. The maximum absolute atomic E-state index is 12.1. The molecule has 0 unspecified atom stereocenters. The molecule has 0 aromatic rings. The summed E-state index contributed by atoms with van der Waals surface area (Å²) in [5.74, 6) is -0.897. The van der Waals surface area contributed by atoms with Crippen molar-refractivity contribution in [3.05, 3.63) is 23.8 Å². The van der Waals surface area contributed by atoms with Gasteiger partial charge in [-0.3, -0.25) is 9.59 Å². The molecule has 0 fully saturated rings. The summed E-state index contributed by atoms with van der Waals surface area (Å²) in [6.45, 7) is 4.30. The Morgan fingerprint density at radius 2 is 1.79 bits per heavy atom. The van der Waals surface area contributed by atoms with Crippen LogP contribution in [0.4, 0.5) is 0 Å². The van der Waals surface area contributed by atoms with Gasteiger partial charge in [0.05, 0.1) is 14.2 Å². The van der Waals surface area contributed by atoms with Crippen molar-refractivity contribution in [1.29, 1.82) is 0 Å². The normalized spacial score (nSPS) is 26.3. The number of rotatable bonds is 2. The zero-order chi connectivity index (χ0) is 14.3. The second kappa shape index (κ2) is 4.51. The van der Waals surface area contributed by atoms with E-state index < -0.39 is 17.4 Å². The van der Waals surface area contributed by atoms with Crippen LogP contribution in [0, 0.1) is 16.7 Å². The zero-order valence-electron chi connectivity index (χ0n) is 11.9. The Bertz CT molecular complexity index is 455. The van der Waals surface area contributed by atoms with Gasteiger partial charge in [-0.05, 0) is 29.7 Å². The second-order valence-electron chi connectivity index (χ2n) is 5.95. The van der Waals surface area contributed by atoms with Gasteiger partial charge in [0, 0.05) is 0 Å². The van der Waals surface area contributed by atoms with Crippen molar-refractivity contribution in [2.75, 3.05) is 14.2 Å². The van der Waals surface area contributed by atoms with Crippen molar-refractivity contribution < 1.29 is 19.1 Å². The van der Waals surface area contributed by atoms with E-state index in [2.05, 4.69) is 19.9 Å². The molecule has 0 spiro atoms. The average molecular weight is 264 g/mol. The molecular formula is C15H20O4. The molecule has 1 atom stereocenters. The summed E-state index contributed by atoms with van der Waals surface area (Å²) in [4.78, 5) is 24.2. The monoisotopic (exact) mass is 264 g/mol. The molecule has 0 heterocycles. The molecule has 0 amide bonds. The van der Waals surface area contributed by atoms with E-state index >= 15 is 0 Å².